The monoisotopic (exact) mass is 432 g/mol. The van der Waals surface area contributed by atoms with Gasteiger partial charge in [-0.2, -0.15) is 14.9 Å². The quantitative estimate of drug-likeness (QED) is 0.542. The maximum absolute atomic E-state index is 9.69. The number of aryl methyl sites for hydroxylation is 1. The molecule has 0 unspecified atom stereocenters. The molecule has 2 N–H and O–H groups in total. The van der Waals surface area contributed by atoms with Gasteiger partial charge >= 0.3 is 0 Å². The van der Waals surface area contributed by atoms with Crippen LogP contribution in [0.5, 0.6) is 5.75 Å². The minimum absolute atomic E-state index is 0.163. The highest BCUT2D eigenvalue weighted by Crippen LogP contribution is 2.32. The molecule has 2 aromatic rings. The lowest BCUT2D eigenvalue weighted by atomic mass is 10.2. The predicted octanol–water partition coefficient (Wildman–Crippen LogP) is 4.40. The van der Waals surface area contributed by atoms with E-state index < -0.39 is 0 Å². The molecule has 0 aliphatic carbocycles. The summed E-state index contributed by atoms with van der Waals surface area (Å²) < 4.78 is 3.29. The van der Waals surface area contributed by atoms with Gasteiger partial charge in [-0.05, 0) is 68.2 Å². The van der Waals surface area contributed by atoms with E-state index in [0.29, 0.717) is 13.7 Å². The van der Waals surface area contributed by atoms with Gasteiger partial charge in [0.2, 0.25) is 4.77 Å². The number of phenolic OH excluding ortho intramolecular Hbond substituents is 1. The van der Waals surface area contributed by atoms with E-state index in [-0.39, 0.29) is 5.75 Å². The molecule has 0 spiro atoms. The Labute approximate surface area is 144 Å². The Balaban J connectivity index is 2.29. The van der Waals surface area contributed by atoms with Crippen LogP contribution in [0, 0.1) is 4.77 Å². The summed E-state index contributed by atoms with van der Waals surface area (Å²) in [5, 5.41) is 21.0. The zero-order valence-electron chi connectivity index (χ0n) is 11.3. The number of nitrogens with zero attached hydrogens (tertiary/aromatic N) is 3. The van der Waals surface area contributed by atoms with Crippen molar-refractivity contribution in [2.45, 2.75) is 26.2 Å². The van der Waals surface area contributed by atoms with Crippen LogP contribution in [0.4, 0.5) is 0 Å². The average molecular weight is 434 g/mol. The van der Waals surface area contributed by atoms with Gasteiger partial charge in [0.15, 0.2) is 5.82 Å². The van der Waals surface area contributed by atoms with E-state index in [1.54, 1.807) is 23.0 Å². The van der Waals surface area contributed by atoms with E-state index in [1.165, 1.54) is 0 Å². The van der Waals surface area contributed by atoms with E-state index in [0.717, 1.165) is 30.7 Å². The van der Waals surface area contributed by atoms with Gasteiger partial charge < -0.3 is 5.11 Å². The molecule has 0 saturated carbocycles. The number of nitrogens with one attached hydrogen (secondary N) is 1. The Kier molecular flexibility index (Phi) is 5.72. The zero-order valence-corrected chi connectivity index (χ0v) is 15.3. The Morgan fingerprint density at radius 3 is 2.71 bits per heavy atom. The fraction of sp³-hybridized carbons (Fsp3) is 0.308. The van der Waals surface area contributed by atoms with Crippen molar-refractivity contribution in [1.82, 2.24) is 14.9 Å². The number of rotatable bonds is 5. The van der Waals surface area contributed by atoms with Crippen molar-refractivity contribution in [3.05, 3.63) is 37.2 Å². The maximum Gasteiger partial charge on any atom is 0.216 e. The first-order valence-corrected chi connectivity index (χ1v) is 8.41. The normalized spacial score (nSPS) is 11.4. The van der Waals surface area contributed by atoms with Gasteiger partial charge in [-0.3, -0.25) is 5.10 Å². The largest absolute Gasteiger partial charge is 0.506 e. The van der Waals surface area contributed by atoms with Crippen molar-refractivity contribution >= 4 is 50.3 Å². The summed E-state index contributed by atoms with van der Waals surface area (Å²) in [6, 6.07) is 3.55. The maximum atomic E-state index is 9.69. The van der Waals surface area contributed by atoms with Crippen molar-refractivity contribution in [2.75, 3.05) is 0 Å². The topological polar surface area (TPSA) is 66.2 Å². The van der Waals surface area contributed by atoms with Gasteiger partial charge in [-0.15, -0.1) is 0 Å². The summed E-state index contributed by atoms with van der Waals surface area (Å²) in [4.78, 5) is 0. The molecule has 1 aromatic heterocycles. The molecule has 5 nitrogen and oxygen atoms in total. The second-order valence-electron chi connectivity index (χ2n) is 4.44. The van der Waals surface area contributed by atoms with E-state index in [4.69, 9.17) is 12.2 Å². The SMILES string of the molecule is CCCCc1n[nH]c(=S)n1/N=C/c1cc(Br)c(O)c(Br)c1. The summed E-state index contributed by atoms with van der Waals surface area (Å²) >= 11 is 11.8. The molecule has 21 heavy (non-hydrogen) atoms. The number of aromatic hydroxyl groups is 1. The van der Waals surface area contributed by atoms with Crippen LogP contribution in [0.1, 0.15) is 31.2 Å². The standard InChI is InChI=1S/C13H14Br2N4OS/c1-2-3-4-11-17-18-13(21)19(11)16-7-8-5-9(14)12(20)10(15)6-8/h5-7,20H,2-4H2,1H3,(H,18,21)/b16-7+. The number of H-pyrrole nitrogens is 1. The molecule has 2 rings (SSSR count). The van der Waals surface area contributed by atoms with Crippen molar-refractivity contribution in [3.8, 4) is 5.75 Å². The average Bonchev–Trinajstić information content (AvgIpc) is 2.80. The van der Waals surface area contributed by atoms with Gasteiger partial charge in [0.1, 0.15) is 5.75 Å². The minimum atomic E-state index is 0.163. The molecule has 0 fully saturated rings. The van der Waals surface area contributed by atoms with Crippen molar-refractivity contribution in [1.29, 1.82) is 0 Å². The third kappa shape index (κ3) is 4.02. The number of phenols is 1. The number of hydrogen-bond donors (Lipinski definition) is 2. The molecule has 8 heteroatoms. The third-order valence-electron chi connectivity index (χ3n) is 2.83. The summed E-state index contributed by atoms with van der Waals surface area (Å²) in [7, 11) is 0. The molecule has 0 bridgehead atoms. The van der Waals surface area contributed by atoms with Crippen LogP contribution in [0.15, 0.2) is 26.2 Å². The highest BCUT2D eigenvalue weighted by atomic mass is 79.9. The van der Waals surface area contributed by atoms with Crippen LogP contribution in [0.3, 0.4) is 0 Å². The molecule has 112 valence electrons. The van der Waals surface area contributed by atoms with E-state index in [2.05, 4.69) is 54.1 Å². The van der Waals surface area contributed by atoms with Crippen molar-refractivity contribution < 1.29 is 5.11 Å². The molecule has 0 atom stereocenters. The number of aromatic amines is 1. The Hall–Kier alpha value is -0.990. The molecule has 1 aromatic carbocycles. The smallest absolute Gasteiger partial charge is 0.216 e. The second kappa shape index (κ2) is 7.33. The van der Waals surface area contributed by atoms with Crippen LogP contribution in [-0.4, -0.2) is 26.2 Å². The number of unbranched alkanes of at least 4 members (excludes halogenated alkanes) is 1. The minimum Gasteiger partial charge on any atom is -0.506 e. The van der Waals surface area contributed by atoms with Crippen LogP contribution in [0.2, 0.25) is 0 Å². The van der Waals surface area contributed by atoms with Gasteiger partial charge in [0, 0.05) is 6.42 Å². The summed E-state index contributed by atoms with van der Waals surface area (Å²) in [6.45, 7) is 2.13. The van der Waals surface area contributed by atoms with Crippen LogP contribution in [-0.2, 0) is 6.42 Å². The van der Waals surface area contributed by atoms with E-state index in [1.807, 2.05) is 0 Å². The first kappa shape index (κ1) is 16.4. The molecule has 0 aliphatic heterocycles. The second-order valence-corrected chi connectivity index (χ2v) is 6.53. The van der Waals surface area contributed by atoms with Crippen molar-refractivity contribution in [3.63, 3.8) is 0 Å². The Morgan fingerprint density at radius 2 is 2.10 bits per heavy atom. The zero-order chi connectivity index (χ0) is 15.4. The van der Waals surface area contributed by atoms with E-state index in [9.17, 15) is 5.11 Å². The predicted molar refractivity (Wildman–Crippen MR) is 92.5 cm³/mol. The molecule has 0 aliphatic rings. The van der Waals surface area contributed by atoms with Gasteiger partial charge in [0.05, 0.1) is 15.2 Å². The molecule has 0 saturated heterocycles. The summed E-state index contributed by atoms with van der Waals surface area (Å²) in [5.41, 5.74) is 0.830. The van der Waals surface area contributed by atoms with Crippen LogP contribution < -0.4 is 0 Å². The number of aromatic nitrogens is 3. The highest BCUT2D eigenvalue weighted by molar-refractivity contribution is 9.11. The molecule has 0 amide bonds. The number of halogens is 2. The van der Waals surface area contributed by atoms with E-state index >= 15 is 0 Å². The van der Waals surface area contributed by atoms with Gasteiger partial charge in [0.25, 0.3) is 0 Å². The number of hydrogen-bond acceptors (Lipinski definition) is 4. The fourth-order valence-corrected chi connectivity index (χ4v) is 3.14. The molecule has 1 heterocycles. The van der Waals surface area contributed by atoms with Crippen LogP contribution in [0.25, 0.3) is 0 Å². The summed E-state index contributed by atoms with van der Waals surface area (Å²) in [6.07, 6.45) is 4.62. The lowest BCUT2D eigenvalue weighted by Gasteiger charge is -2.03. The Bertz CT molecular complexity index is 700. The highest BCUT2D eigenvalue weighted by Gasteiger charge is 2.06. The van der Waals surface area contributed by atoms with Crippen molar-refractivity contribution in [2.24, 2.45) is 5.10 Å². The molecule has 0 radical (unpaired) electrons. The Morgan fingerprint density at radius 1 is 1.43 bits per heavy atom. The first-order valence-electron chi connectivity index (χ1n) is 6.41. The lowest BCUT2D eigenvalue weighted by molar-refractivity contribution is 0.468. The summed E-state index contributed by atoms with van der Waals surface area (Å²) in [5.74, 6) is 0.978. The molecular weight excluding hydrogens is 420 g/mol. The molecular formula is C13H14Br2N4OS. The fourth-order valence-electron chi connectivity index (χ4n) is 1.72. The third-order valence-corrected chi connectivity index (χ3v) is 4.31. The van der Waals surface area contributed by atoms with Gasteiger partial charge in [-0.25, -0.2) is 0 Å². The number of benzene rings is 1. The van der Waals surface area contributed by atoms with Gasteiger partial charge in [-0.1, -0.05) is 13.3 Å². The first-order chi connectivity index (χ1) is 10.0. The van der Waals surface area contributed by atoms with Crippen LogP contribution >= 0.6 is 44.1 Å². The lowest BCUT2D eigenvalue weighted by Crippen LogP contribution is -1.99.